The Balaban J connectivity index is 2.32. The third-order valence-electron chi connectivity index (χ3n) is 2.90. The van der Waals surface area contributed by atoms with Crippen molar-refractivity contribution in [1.82, 2.24) is 9.55 Å². The number of aromatic carboxylic acids is 1. The Morgan fingerprint density at radius 1 is 1.39 bits per heavy atom. The molecule has 1 unspecified atom stereocenters. The Hall–Kier alpha value is -2.30. The first-order valence-electron chi connectivity index (χ1n) is 5.52. The molecule has 94 valence electrons. The van der Waals surface area contributed by atoms with Gasteiger partial charge in [-0.25, -0.2) is 9.78 Å². The number of ether oxygens (including phenoxy) is 1. The van der Waals surface area contributed by atoms with Crippen molar-refractivity contribution in [2.75, 3.05) is 7.11 Å². The lowest BCUT2D eigenvalue weighted by Crippen LogP contribution is -2.12. The van der Waals surface area contributed by atoms with Crippen LogP contribution in [0.15, 0.2) is 36.8 Å². The molecule has 5 nitrogen and oxygen atoms in total. The summed E-state index contributed by atoms with van der Waals surface area (Å²) in [5, 5.41) is 9.05. The molecule has 0 fully saturated rings. The zero-order valence-electron chi connectivity index (χ0n) is 10.2. The highest BCUT2D eigenvalue weighted by Gasteiger charge is 2.16. The molecule has 1 N–H and O–H groups in total. The number of rotatable bonds is 4. The lowest BCUT2D eigenvalue weighted by atomic mass is 10.1. The first-order valence-corrected chi connectivity index (χ1v) is 5.52. The van der Waals surface area contributed by atoms with Crippen LogP contribution in [0.5, 0.6) is 5.75 Å². The highest BCUT2D eigenvalue weighted by Crippen LogP contribution is 2.22. The Morgan fingerprint density at radius 3 is 2.61 bits per heavy atom. The van der Waals surface area contributed by atoms with Crippen LogP contribution in [0.1, 0.15) is 29.0 Å². The molecule has 1 aromatic heterocycles. The van der Waals surface area contributed by atoms with Gasteiger partial charge < -0.3 is 14.4 Å². The topological polar surface area (TPSA) is 64.4 Å². The highest BCUT2D eigenvalue weighted by atomic mass is 16.5. The average Bonchev–Trinajstić information content (AvgIpc) is 2.87. The molecule has 0 aliphatic heterocycles. The summed E-state index contributed by atoms with van der Waals surface area (Å²) in [5.41, 5.74) is 1.18. The molecule has 0 aliphatic carbocycles. The van der Waals surface area contributed by atoms with Gasteiger partial charge in [0.25, 0.3) is 0 Å². The molecular formula is C13H14N2O3. The first-order chi connectivity index (χ1) is 8.63. The minimum Gasteiger partial charge on any atom is -0.497 e. The molecule has 0 saturated carbocycles. The Labute approximate surface area is 105 Å². The first kappa shape index (κ1) is 12.2. The summed E-state index contributed by atoms with van der Waals surface area (Å²) in [5.74, 6) is -0.206. The third-order valence-corrected chi connectivity index (χ3v) is 2.90. The molecule has 1 aromatic carbocycles. The number of carboxylic acids is 1. The number of benzene rings is 1. The lowest BCUT2D eigenvalue weighted by molar-refractivity contribution is 0.0684. The van der Waals surface area contributed by atoms with Crippen LogP contribution in [0.4, 0.5) is 0 Å². The monoisotopic (exact) mass is 246 g/mol. The smallest absolute Gasteiger partial charge is 0.354 e. The van der Waals surface area contributed by atoms with E-state index in [2.05, 4.69) is 4.98 Å². The van der Waals surface area contributed by atoms with Gasteiger partial charge in [0.2, 0.25) is 0 Å². The summed E-state index contributed by atoms with van der Waals surface area (Å²) in [6.45, 7) is 1.93. The van der Waals surface area contributed by atoms with Gasteiger partial charge in [-0.05, 0) is 24.6 Å². The molecule has 1 heterocycles. The molecule has 2 rings (SSSR count). The lowest BCUT2D eigenvalue weighted by Gasteiger charge is -2.15. The molecule has 5 heteroatoms. The van der Waals surface area contributed by atoms with E-state index in [4.69, 9.17) is 9.84 Å². The zero-order valence-corrected chi connectivity index (χ0v) is 10.2. The minimum atomic E-state index is -0.979. The van der Waals surface area contributed by atoms with Gasteiger partial charge >= 0.3 is 5.97 Å². The standard InChI is InChI=1S/C13H14N2O3/c1-9(10-3-5-11(18-2)6-4-10)15-8-14-7-12(15)13(16)17/h3-9H,1-2H3,(H,16,17). The number of carboxylic acid groups (broad SMARTS) is 1. The number of hydrogen-bond donors (Lipinski definition) is 1. The van der Waals surface area contributed by atoms with E-state index >= 15 is 0 Å². The van der Waals surface area contributed by atoms with E-state index in [1.807, 2.05) is 31.2 Å². The van der Waals surface area contributed by atoms with Gasteiger partial charge in [0.1, 0.15) is 11.4 Å². The van der Waals surface area contributed by atoms with E-state index in [0.29, 0.717) is 0 Å². The second-order valence-corrected chi connectivity index (χ2v) is 3.94. The maximum Gasteiger partial charge on any atom is 0.354 e. The quantitative estimate of drug-likeness (QED) is 0.898. The molecule has 0 bridgehead atoms. The van der Waals surface area contributed by atoms with Crippen LogP contribution in [0, 0.1) is 0 Å². The number of hydrogen-bond acceptors (Lipinski definition) is 3. The van der Waals surface area contributed by atoms with Crippen LogP contribution < -0.4 is 4.74 Å². The van der Waals surface area contributed by atoms with Crippen molar-refractivity contribution in [3.8, 4) is 5.75 Å². The van der Waals surface area contributed by atoms with Gasteiger partial charge in [0, 0.05) is 0 Å². The normalized spacial score (nSPS) is 12.1. The number of methoxy groups -OCH3 is 1. The van der Waals surface area contributed by atoms with Crippen molar-refractivity contribution >= 4 is 5.97 Å². The van der Waals surface area contributed by atoms with Gasteiger partial charge in [-0.3, -0.25) is 0 Å². The second kappa shape index (κ2) is 4.91. The second-order valence-electron chi connectivity index (χ2n) is 3.94. The molecule has 2 aromatic rings. The predicted octanol–water partition coefficient (Wildman–Crippen LogP) is 2.20. The van der Waals surface area contributed by atoms with Crippen molar-refractivity contribution in [2.45, 2.75) is 13.0 Å². The molecule has 0 saturated heterocycles. The van der Waals surface area contributed by atoms with E-state index < -0.39 is 5.97 Å². The fourth-order valence-corrected chi connectivity index (χ4v) is 1.82. The van der Waals surface area contributed by atoms with Gasteiger partial charge in [-0.1, -0.05) is 12.1 Å². The van der Waals surface area contributed by atoms with Crippen LogP contribution in [-0.4, -0.2) is 27.7 Å². The minimum absolute atomic E-state index is 0.0930. The molecule has 0 amide bonds. The van der Waals surface area contributed by atoms with Gasteiger partial charge in [0.05, 0.1) is 25.7 Å². The van der Waals surface area contributed by atoms with Crippen molar-refractivity contribution in [2.24, 2.45) is 0 Å². The van der Waals surface area contributed by atoms with E-state index in [0.717, 1.165) is 11.3 Å². The van der Waals surface area contributed by atoms with E-state index in [9.17, 15) is 4.79 Å². The van der Waals surface area contributed by atoms with E-state index in [-0.39, 0.29) is 11.7 Å². The van der Waals surface area contributed by atoms with Gasteiger partial charge in [0.15, 0.2) is 0 Å². The maximum atomic E-state index is 11.0. The summed E-state index contributed by atoms with van der Waals surface area (Å²) in [6, 6.07) is 7.43. The molecular weight excluding hydrogens is 232 g/mol. The number of aromatic nitrogens is 2. The van der Waals surface area contributed by atoms with E-state index in [1.54, 1.807) is 11.7 Å². The van der Waals surface area contributed by atoms with Gasteiger partial charge in [-0.15, -0.1) is 0 Å². The summed E-state index contributed by atoms with van der Waals surface area (Å²) >= 11 is 0. The molecule has 0 aliphatic rings. The van der Waals surface area contributed by atoms with Crippen LogP contribution in [0.3, 0.4) is 0 Å². The van der Waals surface area contributed by atoms with Crippen LogP contribution in [-0.2, 0) is 0 Å². The Bertz CT molecular complexity index is 546. The Kier molecular flexibility index (Phi) is 3.32. The van der Waals surface area contributed by atoms with E-state index in [1.165, 1.54) is 12.5 Å². The van der Waals surface area contributed by atoms with Crippen molar-refractivity contribution in [1.29, 1.82) is 0 Å². The van der Waals surface area contributed by atoms with Crippen molar-refractivity contribution in [3.63, 3.8) is 0 Å². The summed E-state index contributed by atoms with van der Waals surface area (Å²) in [7, 11) is 1.61. The highest BCUT2D eigenvalue weighted by molar-refractivity contribution is 5.85. The molecule has 1 atom stereocenters. The summed E-state index contributed by atoms with van der Waals surface area (Å²) < 4.78 is 6.72. The largest absolute Gasteiger partial charge is 0.497 e. The summed E-state index contributed by atoms with van der Waals surface area (Å²) in [4.78, 5) is 14.9. The molecule has 0 radical (unpaired) electrons. The predicted molar refractivity (Wildman–Crippen MR) is 66.0 cm³/mol. The summed E-state index contributed by atoms with van der Waals surface area (Å²) in [6.07, 6.45) is 2.88. The maximum absolute atomic E-state index is 11.0. The van der Waals surface area contributed by atoms with Gasteiger partial charge in [-0.2, -0.15) is 0 Å². The van der Waals surface area contributed by atoms with Crippen molar-refractivity contribution in [3.05, 3.63) is 48.0 Å². The SMILES string of the molecule is COc1ccc(C(C)n2cncc2C(=O)O)cc1. The van der Waals surface area contributed by atoms with Crippen LogP contribution >= 0.6 is 0 Å². The Morgan fingerprint density at radius 2 is 2.06 bits per heavy atom. The fraction of sp³-hybridized carbons (Fsp3) is 0.231. The van der Waals surface area contributed by atoms with Crippen LogP contribution in [0.2, 0.25) is 0 Å². The number of carbonyl (C=O) groups is 1. The van der Waals surface area contributed by atoms with Crippen LogP contribution in [0.25, 0.3) is 0 Å². The fourth-order valence-electron chi connectivity index (χ4n) is 1.82. The third kappa shape index (κ3) is 2.20. The number of nitrogens with zero attached hydrogens (tertiary/aromatic N) is 2. The molecule has 18 heavy (non-hydrogen) atoms. The average molecular weight is 246 g/mol. The zero-order chi connectivity index (χ0) is 13.1. The molecule has 0 spiro atoms. The van der Waals surface area contributed by atoms with Crippen molar-refractivity contribution < 1.29 is 14.6 Å². The number of imidazole rings is 1.